The summed E-state index contributed by atoms with van der Waals surface area (Å²) in [7, 11) is 0. The van der Waals surface area contributed by atoms with Crippen LogP contribution in [0.5, 0.6) is 0 Å². The number of nitrogens with zero attached hydrogens (tertiary/aromatic N) is 1. The number of aromatic carboxylic acids is 1. The summed E-state index contributed by atoms with van der Waals surface area (Å²) in [4.78, 5) is 38.3. The van der Waals surface area contributed by atoms with E-state index in [4.69, 9.17) is 16.7 Å². The third-order valence-corrected chi connectivity index (χ3v) is 6.61. The maximum atomic E-state index is 12.9. The molecule has 0 bridgehead atoms. The first-order valence-corrected chi connectivity index (χ1v) is 11.2. The quantitative estimate of drug-likeness (QED) is 0.594. The van der Waals surface area contributed by atoms with Crippen molar-refractivity contribution in [2.75, 3.05) is 13.1 Å². The van der Waals surface area contributed by atoms with Gasteiger partial charge in [0, 0.05) is 41.6 Å². The second kappa shape index (κ2) is 9.53. The minimum atomic E-state index is -1.11. The number of hydrogen-bond donors (Lipinski definition) is 3. The van der Waals surface area contributed by atoms with Crippen molar-refractivity contribution in [1.29, 1.82) is 0 Å². The molecule has 0 spiro atoms. The predicted molar refractivity (Wildman–Crippen MR) is 125 cm³/mol. The van der Waals surface area contributed by atoms with Crippen LogP contribution in [-0.4, -0.2) is 52.0 Å². The average Bonchev–Trinajstić information content (AvgIpc) is 2.75. The molecule has 1 heterocycles. The van der Waals surface area contributed by atoms with Crippen molar-refractivity contribution in [2.45, 2.75) is 45.3 Å². The van der Waals surface area contributed by atoms with Gasteiger partial charge in [-0.05, 0) is 49.2 Å². The summed E-state index contributed by atoms with van der Waals surface area (Å²) in [5.74, 6) is -1.66. The van der Waals surface area contributed by atoms with Gasteiger partial charge in [-0.1, -0.05) is 43.6 Å². The monoisotopic (exact) mass is 472 g/mol. The highest BCUT2D eigenvalue weighted by atomic mass is 35.5. The molecule has 2 aromatic rings. The van der Waals surface area contributed by atoms with E-state index in [-0.39, 0.29) is 23.5 Å². The van der Waals surface area contributed by atoms with Gasteiger partial charge in [-0.2, -0.15) is 0 Å². The highest BCUT2D eigenvalue weighted by molar-refractivity contribution is 6.30. The van der Waals surface area contributed by atoms with E-state index in [9.17, 15) is 19.5 Å². The molecule has 2 unspecified atom stereocenters. The van der Waals surface area contributed by atoms with Gasteiger partial charge in [-0.3, -0.25) is 9.59 Å². The zero-order valence-electron chi connectivity index (χ0n) is 19.0. The number of nitrogens with one attached hydrogen (secondary N) is 1. The topological polar surface area (TPSA) is 107 Å². The SMILES string of the molecule is CC(CC(=O)N1CCC(O)(c2ccc(Cl)cc2)C(C)(C)C1)NC(=O)c1cccc(C(=O)O)c1. The van der Waals surface area contributed by atoms with Crippen LogP contribution in [0, 0.1) is 5.41 Å². The van der Waals surface area contributed by atoms with Crippen LogP contribution in [0.25, 0.3) is 0 Å². The minimum absolute atomic E-state index is 0.0232. The summed E-state index contributed by atoms with van der Waals surface area (Å²) in [5.41, 5.74) is -0.674. The molecule has 1 aliphatic heterocycles. The van der Waals surface area contributed by atoms with E-state index in [0.717, 1.165) is 5.56 Å². The largest absolute Gasteiger partial charge is 0.478 e. The van der Waals surface area contributed by atoms with Gasteiger partial charge in [-0.15, -0.1) is 0 Å². The summed E-state index contributed by atoms with van der Waals surface area (Å²) >= 11 is 5.99. The Kier molecular flexibility index (Phi) is 7.14. The van der Waals surface area contributed by atoms with Gasteiger partial charge in [0.2, 0.25) is 5.91 Å². The summed E-state index contributed by atoms with van der Waals surface area (Å²) in [6.45, 7) is 6.36. The van der Waals surface area contributed by atoms with Crippen LogP contribution in [0.15, 0.2) is 48.5 Å². The maximum Gasteiger partial charge on any atom is 0.335 e. The van der Waals surface area contributed by atoms with Crippen LogP contribution < -0.4 is 5.32 Å². The van der Waals surface area contributed by atoms with E-state index in [0.29, 0.717) is 24.5 Å². The number of benzene rings is 2. The molecule has 2 atom stereocenters. The molecule has 8 heteroatoms. The Morgan fingerprint density at radius 2 is 1.76 bits per heavy atom. The van der Waals surface area contributed by atoms with Crippen molar-refractivity contribution in [3.05, 3.63) is 70.2 Å². The number of carboxylic acids is 1. The lowest BCUT2D eigenvalue weighted by molar-refractivity contribution is -0.153. The molecule has 3 N–H and O–H groups in total. The second-order valence-corrected chi connectivity index (χ2v) is 9.72. The van der Waals surface area contributed by atoms with Gasteiger partial charge >= 0.3 is 5.97 Å². The number of carbonyl (C=O) groups excluding carboxylic acids is 2. The Balaban J connectivity index is 1.62. The van der Waals surface area contributed by atoms with Crippen molar-refractivity contribution >= 4 is 29.4 Å². The van der Waals surface area contributed by atoms with Crippen LogP contribution in [-0.2, 0) is 10.4 Å². The number of hydrogen-bond acceptors (Lipinski definition) is 4. The lowest BCUT2D eigenvalue weighted by Crippen LogP contribution is -2.57. The Bertz CT molecular complexity index is 1050. The van der Waals surface area contributed by atoms with Gasteiger partial charge in [0.15, 0.2) is 0 Å². The first kappa shape index (κ1) is 24.7. The molecule has 7 nitrogen and oxygen atoms in total. The highest BCUT2D eigenvalue weighted by Gasteiger charge is 2.49. The van der Waals surface area contributed by atoms with Crippen molar-refractivity contribution in [1.82, 2.24) is 10.2 Å². The summed E-state index contributed by atoms with van der Waals surface area (Å²) in [6, 6.07) is 12.4. The smallest absolute Gasteiger partial charge is 0.335 e. The fourth-order valence-electron chi connectivity index (χ4n) is 4.34. The number of carboxylic acid groups (broad SMARTS) is 1. The Labute approximate surface area is 198 Å². The second-order valence-electron chi connectivity index (χ2n) is 9.28. The molecular weight excluding hydrogens is 444 g/mol. The van der Waals surface area contributed by atoms with Gasteiger partial charge in [-0.25, -0.2) is 4.79 Å². The fourth-order valence-corrected chi connectivity index (χ4v) is 4.46. The third-order valence-electron chi connectivity index (χ3n) is 6.35. The van der Waals surface area contributed by atoms with Gasteiger partial charge < -0.3 is 20.4 Å². The van der Waals surface area contributed by atoms with E-state index < -0.39 is 28.9 Å². The number of amides is 2. The molecule has 1 saturated heterocycles. The lowest BCUT2D eigenvalue weighted by Gasteiger charge is -2.50. The molecule has 176 valence electrons. The Morgan fingerprint density at radius 1 is 1.12 bits per heavy atom. The molecule has 1 aliphatic rings. The fraction of sp³-hybridized carbons (Fsp3) is 0.400. The molecule has 0 radical (unpaired) electrons. The van der Waals surface area contributed by atoms with Gasteiger partial charge in [0.05, 0.1) is 11.2 Å². The normalized spacial score (nSPS) is 20.7. The van der Waals surface area contributed by atoms with E-state index in [1.807, 2.05) is 26.0 Å². The van der Waals surface area contributed by atoms with Crippen molar-refractivity contribution in [3.8, 4) is 0 Å². The molecular formula is C25H29ClN2O5. The van der Waals surface area contributed by atoms with Crippen molar-refractivity contribution < 1.29 is 24.6 Å². The van der Waals surface area contributed by atoms with Gasteiger partial charge in [0.1, 0.15) is 0 Å². The zero-order chi connectivity index (χ0) is 24.4. The third kappa shape index (κ3) is 5.37. The first-order valence-electron chi connectivity index (χ1n) is 10.8. The molecule has 0 aliphatic carbocycles. The summed E-state index contributed by atoms with van der Waals surface area (Å²) in [6.07, 6.45) is 0.482. The summed E-state index contributed by atoms with van der Waals surface area (Å²) in [5, 5.41) is 23.9. The standard InChI is InChI=1S/C25H29ClN2O5/c1-16(27-22(30)17-5-4-6-18(14-17)23(31)32)13-21(29)28-12-11-25(33,24(2,3)15-28)19-7-9-20(26)10-8-19/h4-10,14,16,33H,11-13,15H2,1-3H3,(H,27,30)(H,31,32). The Hall–Kier alpha value is -2.90. The molecule has 2 amide bonds. The summed E-state index contributed by atoms with van der Waals surface area (Å²) < 4.78 is 0. The molecule has 3 rings (SSSR count). The van der Waals surface area contributed by atoms with Crippen LogP contribution >= 0.6 is 11.6 Å². The average molecular weight is 473 g/mol. The number of aliphatic hydroxyl groups is 1. The molecule has 0 saturated carbocycles. The van der Waals surface area contributed by atoms with E-state index in [2.05, 4.69) is 5.32 Å². The number of likely N-dealkylation sites (tertiary alicyclic amines) is 1. The van der Waals surface area contributed by atoms with Crippen LogP contribution in [0.3, 0.4) is 0 Å². The van der Waals surface area contributed by atoms with E-state index >= 15 is 0 Å². The molecule has 2 aromatic carbocycles. The number of rotatable bonds is 6. The van der Waals surface area contributed by atoms with Crippen LogP contribution in [0.2, 0.25) is 5.02 Å². The van der Waals surface area contributed by atoms with Crippen molar-refractivity contribution in [2.24, 2.45) is 5.41 Å². The molecule has 1 fully saturated rings. The Morgan fingerprint density at radius 3 is 2.36 bits per heavy atom. The minimum Gasteiger partial charge on any atom is -0.478 e. The first-order chi connectivity index (χ1) is 15.4. The van der Waals surface area contributed by atoms with E-state index in [1.165, 1.54) is 24.3 Å². The molecule has 33 heavy (non-hydrogen) atoms. The van der Waals surface area contributed by atoms with Crippen LogP contribution in [0.4, 0.5) is 0 Å². The highest BCUT2D eigenvalue weighted by Crippen LogP contribution is 2.46. The van der Waals surface area contributed by atoms with Gasteiger partial charge in [0.25, 0.3) is 5.91 Å². The zero-order valence-corrected chi connectivity index (χ0v) is 19.7. The number of halogens is 1. The van der Waals surface area contributed by atoms with Crippen molar-refractivity contribution in [3.63, 3.8) is 0 Å². The van der Waals surface area contributed by atoms with Crippen LogP contribution in [0.1, 0.15) is 59.9 Å². The number of carbonyl (C=O) groups is 3. The van der Waals surface area contributed by atoms with E-state index in [1.54, 1.807) is 24.0 Å². The predicted octanol–water partition coefficient (Wildman–Crippen LogP) is 3.69. The molecule has 0 aromatic heterocycles. The number of piperidine rings is 1. The lowest BCUT2D eigenvalue weighted by atomic mass is 9.66. The maximum absolute atomic E-state index is 12.9.